The predicted molar refractivity (Wildman–Crippen MR) is 64.4 cm³/mol. The first-order chi connectivity index (χ1) is 8.25. The second-order valence-electron chi connectivity index (χ2n) is 5.58. The average Bonchev–Trinajstić information content (AvgIpc) is 2.93. The first-order valence-corrected chi connectivity index (χ1v) is 6.79. The Morgan fingerprint density at radius 3 is 2.59 bits per heavy atom. The zero-order valence-corrected chi connectivity index (χ0v) is 10.6. The van der Waals surface area contributed by atoms with Crippen LogP contribution in [0.5, 0.6) is 0 Å². The summed E-state index contributed by atoms with van der Waals surface area (Å²) in [5, 5.41) is 15.7. The van der Waals surface area contributed by atoms with Gasteiger partial charge in [0.1, 0.15) is 0 Å². The monoisotopic (exact) mass is 235 g/mol. The van der Waals surface area contributed by atoms with Crippen molar-refractivity contribution in [3.63, 3.8) is 0 Å². The molecule has 2 fully saturated rings. The van der Waals surface area contributed by atoms with Crippen molar-refractivity contribution < 1.29 is 0 Å². The lowest BCUT2D eigenvalue weighted by Gasteiger charge is -2.33. The van der Waals surface area contributed by atoms with Crippen molar-refractivity contribution in [1.29, 1.82) is 0 Å². The van der Waals surface area contributed by atoms with Crippen molar-refractivity contribution >= 4 is 0 Å². The topological polar surface area (TPSA) is 55.6 Å². The van der Waals surface area contributed by atoms with Crippen LogP contribution in [-0.2, 0) is 0 Å². The van der Waals surface area contributed by atoms with Crippen LogP contribution in [0.4, 0.5) is 0 Å². The minimum atomic E-state index is 0.251. The van der Waals surface area contributed by atoms with Gasteiger partial charge in [-0.3, -0.25) is 0 Å². The minimum Gasteiger partial charge on any atom is -0.305 e. The molecule has 17 heavy (non-hydrogen) atoms. The van der Waals surface area contributed by atoms with Gasteiger partial charge in [-0.15, -0.1) is 5.10 Å². The van der Waals surface area contributed by atoms with E-state index in [1.165, 1.54) is 32.1 Å². The summed E-state index contributed by atoms with van der Waals surface area (Å²) < 4.78 is 2.01. The van der Waals surface area contributed by atoms with E-state index in [1.807, 2.05) is 4.68 Å². The number of tetrazole rings is 1. The van der Waals surface area contributed by atoms with Gasteiger partial charge in [0.2, 0.25) is 0 Å². The van der Waals surface area contributed by atoms with E-state index in [-0.39, 0.29) is 6.04 Å². The van der Waals surface area contributed by atoms with Crippen molar-refractivity contribution in [2.75, 3.05) is 0 Å². The largest absolute Gasteiger partial charge is 0.305 e. The Labute approximate surface area is 102 Å². The zero-order valence-electron chi connectivity index (χ0n) is 10.6. The Hall–Kier alpha value is -0.970. The molecule has 0 saturated heterocycles. The maximum Gasteiger partial charge on any atom is 0.168 e. The summed E-state index contributed by atoms with van der Waals surface area (Å²) in [5.41, 5.74) is 0. The molecular weight excluding hydrogens is 214 g/mol. The van der Waals surface area contributed by atoms with Gasteiger partial charge in [0.15, 0.2) is 5.82 Å². The van der Waals surface area contributed by atoms with Crippen LogP contribution in [0.25, 0.3) is 0 Å². The normalized spacial score (nSPS) is 24.4. The first-order valence-electron chi connectivity index (χ1n) is 6.79. The quantitative estimate of drug-likeness (QED) is 0.846. The number of aromatic nitrogens is 4. The van der Waals surface area contributed by atoms with Crippen molar-refractivity contribution in [3.8, 4) is 0 Å². The SMILES string of the molecule is C[C@H](N[C@H](C)c1nnnn1C1CC1)C1CCC1. The van der Waals surface area contributed by atoms with E-state index in [4.69, 9.17) is 0 Å². The number of nitrogens with one attached hydrogen (secondary N) is 1. The van der Waals surface area contributed by atoms with Gasteiger partial charge in [0, 0.05) is 6.04 Å². The molecule has 0 unspecified atom stereocenters. The molecule has 1 aromatic rings. The van der Waals surface area contributed by atoms with Gasteiger partial charge in [-0.2, -0.15) is 0 Å². The Bertz CT molecular complexity index is 380. The van der Waals surface area contributed by atoms with Crippen LogP contribution in [0, 0.1) is 5.92 Å². The molecule has 0 aromatic carbocycles. The second kappa shape index (κ2) is 4.37. The van der Waals surface area contributed by atoms with Crippen molar-refractivity contribution in [1.82, 2.24) is 25.5 Å². The van der Waals surface area contributed by atoms with Crippen LogP contribution >= 0.6 is 0 Å². The van der Waals surface area contributed by atoms with Gasteiger partial charge < -0.3 is 5.32 Å². The molecule has 94 valence electrons. The van der Waals surface area contributed by atoms with E-state index in [1.54, 1.807) is 0 Å². The van der Waals surface area contributed by atoms with E-state index >= 15 is 0 Å². The lowest BCUT2D eigenvalue weighted by Crippen LogP contribution is -2.39. The average molecular weight is 235 g/mol. The number of rotatable bonds is 5. The summed E-state index contributed by atoms with van der Waals surface area (Å²) in [6, 6.07) is 1.38. The minimum absolute atomic E-state index is 0.251. The van der Waals surface area contributed by atoms with Crippen molar-refractivity contribution in [3.05, 3.63) is 5.82 Å². The molecular formula is C12H21N5. The van der Waals surface area contributed by atoms with Crippen LogP contribution in [0.2, 0.25) is 0 Å². The summed E-state index contributed by atoms with van der Waals surface area (Å²) in [6.07, 6.45) is 6.58. The van der Waals surface area contributed by atoms with E-state index in [9.17, 15) is 0 Å². The van der Waals surface area contributed by atoms with E-state index in [0.29, 0.717) is 12.1 Å². The predicted octanol–water partition coefficient (Wildman–Crippen LogP) is 1.85. The molecule has 1 aromatic heterocycles. The van der Waals surface area contributed by atoms with E-state index in [2.05, 4.69) is 34.7 Å². The summed E-state index contributed by atoms with van der Waals surface area (Å²) in [7, 11) is 0. The number of hydrogen-bond donors (Lipinski definition) is 1. The third-order valence-corrected chi connectivity index (χ3v) is 4.17. The molecule has 2 atom stereocenters. The standard InChI is InChI=1S/C12H21N5/c1-8(10-4-3-5-10)13-9(2)12-14-15-16-17(12)11-6-7-11/h8-11,13H,3-7H2,1-2H3/t8-,9+/m0/s1. The highest BCUT2D eigenvalue weighted by atomic mass is 15.6. The fraction of sp³-hybridized carbons (Fsp3) is 0.917. The summed E-state index contributed by atoms with van der Waals surface area (Å²) in [4.78, 5) is 0. The van der Waals surface area contributed by atoms with Crippen LogP contribution in [0.3, 0.4) is 0 Å². The second-order valence-corrected chi connectivity index (χ2v) is 5.58. The Kier molecular flexibility index (Phi) is 2.86. The molecule has 3 rings (SSSR count). The molecule has 1 N–H and O–H groups in total. The maximum atomic E-state index is 4.17. The van der Waals surface area contributed by atoms with E-state index < -0.39 is 0 Å². The number of hydrogen-bond acceptors (Lipinski definition) is 4. The maximum absolute atomic E-state index is 4.17. The molecule has 2 aliphatic rings. The zero-order chi connectivity index (χ0) is 11.8. The highest BCUT2D eigenvalue weighted by molar-refractivity contribution is 4.97. The van der Waals surface area contributed by atoms with Gasteiger partial charge in [0.25, 0.3) is 0 Å². The van der Waals surface area contributed by atoms with Crippen molar-refractivity contribution in [2.24, 2.45) is 5.92 Å². The molecule has 5 nitrogen and oxygen atoms in total. The molecule has 0 spiro atoms. The Balaban J connectivity index is 1.63. The lowest BCUT2D eigenvalue weighted by molar-refractivity contribution is 0.226. The van der Waals surface area contributed by atoms with Crippen LogP contribution < -0.4 is 5.32 Å². The summed E-state index contributed by atoms with van der Waals surface area (Å²) >= 11 is 0. The molecule has 0 bridgehead atoms. The smallest absolute Gasteiger partial charge is 0.168 e. The van der Waals surface area contributed by atoms with Gasteiger partial charge in [-0.1, -0.05) is 6.42 Å². The molecule has 2 aliphatic carbocycles. The van der Waals surface area contributed by atoms with Crippen molar-refractivity contribution in [2.45, 2.75) is 64.1 Å². The first kappa shape index (κ1) is 11.1. The van der Waals surface area contributed by atoms with Gasteiger partial charge >= 0.3 is 0 Å². The van der Waals surface area contributed by atoms with Gasteiger partial charge in [-0.25, -0.2) is 4.68 Å². The lowest BCUT2D eigenvalue weighted by atomic mass is 9.80. The molecule has 5 heteroatoms. The van der Waals surface area contributed by atoms with Gasteiger partial charge in [0.05, 0.1) is 12.1 Å². The molecule has 1 heterocycles. The molecule has 2 saturated carbocycles. The third-order valence-electron chi connectivity index (χ3n) is 4.17. The Morgan fingerprint density at radius 1 is 1.24 bits per heavy atom. The fourth-order valence-electron chi connectivity index (χ4n) is 2.61. The third kappa shape index (κ3) is 2.20. The van der Waals surface area contributed by atoms with Crippen LogP contribution in [-0.4, -0.2) is 26.2 Å². The van der Waals surface area contributed by atoms with Crippen LogP contribution in [0.1, 0.15) is 63.9 Å². The fourth-order valence-corrected chi connectivity index (χ4v) is 2.61. The molecule has 0 aliphatic heterocycles. The Morgan fingerprint density at radius 2 is 2.00 bits per heavy atom. The van der Waals surface area contributed by atoms with E-state index in [0.717, 1.165) is 11.7 Å². The number of nitrogens with zero attached hydrogens (tertiary/aromatic N) is 4. The summed E-state index contributed by atoms with van der Waals surface area (Å²) in [6.45, 7) is 4.45. The van der Waals surface area contributed by atoms with Crippen LogP contribution in [0.15, 0.2) is 0 Å². The summed E-state index contributed by atoms with van der Waals surface area (Å²) in [5.74, 6) is 1.85. The van der Waals surface area contributed by atoms with Gasteiger partial charge in [-0.05, 0) is 55.9 Å². The molecule has 0 radical (unpaired) electrons. The molecule has 0 amide bonds. The highest BCUT2D eigenvalue weighted by Crippen LogP contribution is 2.36. The highest BCUT2D eigenvalue weighted by Gasteiger charge is 2.31.